The summed E-state index contributed by atoms with van der Waals surface area (Å²) in [6, 6.07) is 10.2. The van der Waals surface area contributed by atoms with Crippen LogP contribution in [0.5, 0.6) is 5.75 Å². The Balaban J connectivity index is 0.00000147. The summed E-state index contributed by atoms with van der Waals surface area (Å²) in [7, 11) is 1.70. The molecule has 1 aliphatic heterocycles. The van der Waals surface area contributed by atoms with Crippen LogP contribution in [0.2, 0.25) is 0 Å². The van der Waals surface area contributed by atoms with Gasteiger partial charge in [0.05, 0.1) is 7.11 Å². The van der Waals surface area contributed by atoms with Crippen LogP contribution in [0.3, 0.4) is 0 Å². The number of rotatable bonds is 3. The highest BCUT2D eigenvalue weighted by Crippen LogP contribution is 2.29. The number of aromatic nitrogens is 2. The Labute approximate surface area is 125 Å². The molecule has 0 radical (unpaired) electrons. The number of para-hydroxylation sites is 2. The molecule has 1 saturated heterocycles. The number of hydrogen-bond acceptors (Lipinski definition) is 3. The lowest BCUT2D eigenvalue weighted by Gasteiger charge is -2.23. The van der Waals surface area contributed by atoms with E-state index in [1.54, 1.807) is 7.11 Å². The van der Waals surface area contributed by atoms with E-state index in [1.807, 2.05) is 29.1 Å². The fraction of sp³-hybridized carbons (Fsp3) is 0.400. The second-order valence-corrected chi connectivity index (χ2v) is 4.86. The molecule has 0 saturated carbocycles. The third-order valence-electron chi connectivity index (χ3n) is 3.74. The Morgan fingerprint density at radius 2 is 1.95 bits per heavy atom. The Kier molecular flexibility index (Phi) is 5.04. The normalized spacial score (nSPS) is 15.7. The number of nitrogens with zero attached hydrogens (tertiary/aromatic N) is 2. The molecule has 2 heterocycles. The van der Waals surface area contributed by atoms with Gasteiger partial charge in [-0.25, -0.2) is 4.68 Å². The molecular formula is C15H20ClN3O. The molecule has 0 spiro atoms. The number of ether oxygens (including phenoxy) is 1. The average molecular weight is 294 g/mol. The second kappa shape index (κ2) is 6.77. The molecule has 1 aromatic carbocycles. The van der Waals surface area contributed by atoms with E-state index in [9.17, 15) is 0 Å². The lowest BCUT2D eigenvalue weighted by Crippen LogP contribution is -2.27. The predicted molar refractivity (Wildman–Crippen MR) is 82.2 cm³/mol. The molecule has 0 bridgehead atoms. The lowest BCUT2D eigenvalue weighted by molar-refractivity contribution is 0.408. The predicted octanol–water partition coefficient (Wildman–Crippen LogP) is 2.77. The first-order valence-corrected chi connectivity index (χ1v) is 6.78. The summed E-state index contributed by atoms with van der Waals surface area (Å²) in [5, 5.41) is 7.89. The van der Waals surface area contributed by atoms with Crippen molar-refractivity contribution in [3.05, 3.63) is 42.2 Å². The zero-order chi connectivity index (χ0) is 13.1. The van der Waals surface area contributed by atoms with Crippen molar-refractivity contribution in [1.82, 2.24) is 15.1 Å². The Morgan fingerprint density at radius 3 is 2.70 bits per heavy atom. The first kappa shape index (κ1) is 14.9. The van der Waals surface area contributed by atoms with Crippen LogP contribution >= 0.6 is 12.4 Å². The van der Waals surface area contributed by atoms with Gasteiger partial charge in [0.2, 0.25) is 0 Å². The minimum Gasteiger partial charge on any atom is -0.494 e. The van der Waals surface area contributed by atoms with Crippen molar-refractivity contribution in [3.63, 3.8) is 0 Å². The van der Waals surface area contributed by atoms with Gasteiger partial charge in [-0.2, -0.15) is 5.10 Å². The lowest BCUT2D eigenvalue weighted by atomic mass is 9.94. The Hall–Kier alpha value is -1.52. The third kappa shape index (κ3) is 2.81. The molecule has 5 heteroatoms. The fourth-order valence-corrected chi connectivity index (χ4v) is 2.75. The van der Waals surface area contributed by atoms with Crippen LogP contribution in [-0.2, 0) is 0 Å². The van der Waals surface area contributed by atoms with Gasteiger partial charge in [-0.15, -0.1) is 12.4 Å². The molecule has 108 valence electrons. The summed E-state index contributed by atoms with van der Waals surface area (Å²) in [6.07, 6.45) is 4.21. The largest absolute Gasteiger partial charge is 0.494 e. The molecule has 1 aliphatic rings. The van der Waals surface area contributed by atoms with E-state index in [4.69, 9.17) is 4.74 Å². The molecule has 2 aromatic rings. The maximum Gasteiger partial charge on any atom is 0.144 e. The maximum atomic E-state index is 5.44. The molecular weight excluding hydrogens is 274 g/mol. The number of nitrogens with one attached hydrogen (secondary N) is 1. The molecule has 20 heavy (non-hydrogen) atoms. The number of benzene rings is 1. The minimum absolute atomic E-state index is 0. The van der Waals surface area contributed by atoms with Crippen LogP contribution in [0.15, 0.2) is 36.5 Å². The van der Waals surface area contributed by atoms with Crippen molar-refractivity contribution in [2.24, 2.45) is 0 Å². The summed E-state index contributed by atoms with van der Waals surface area (Å²) >= 11 is 0. The number of methoxy groups -OCH3 is 1. The highest BCUT2D eigenvalue weighted by Gasteiger charge is 2.20. The molecule has 1 N–H and O–H groups in total. The standard InChI is InChI=1S/C15H19N3O.ClH/c1-19-15-5-3-2-4-14(15)18-13(8-11-17-18)12-6-9-16-10-7-12;/h2-5,8,11-12,16H,6-7,9-10H2,1H3;1H. The highest BCUT2D eigenvalue weighted by molar-refractivity contribution is 5.85. The van der Waals surface area contributed by atoms with E-state index in [2.05, 4.69) is 22.5 Å². The Morgan fingerprint density at radius 1 is 1.20 bits per heavy atom. The fourth-order valence-electron chi connectivity index (χ4n) is 2.75. The van der Waals surface area contributed by atoms with E-state index in [0.29, 0.717) is 5.92 Å². The second-order valence-electron chi connectivity index (χ2n) is 4.86. The van der Waals surface area contributed by atoms with Gasteiger partial charge in [0.15, 0.2) is 0 Å². The van der Waals surface area contributed by atoms with Crippen molar-refractivity contribution in [1.29, 1.82) is 0 Å². The minimum atomic E-state index is 0. The zero-order valence-electron chi connectivity index (χ0n) is 11.6. The van der Waals surface area contributed by atoms with Crippen LogP contribution in [-0.4, -0.2) is 30.0 Å². The summed E-state index contributed by atoms with van der Waals surface area (Å²) < 4.78 is 7.46. The SMILES string of the molecule is COc1ccccc1-n1nccc1C1CCNCC1.Cl. The van der Waals surface area contributed by atoms with Gasteiger partial charge >= 0.3 is 0 Å². The summed E-state index contributed by atoms with van der Waals surface area (Å²) in [6.45, 7) is 2.17. The van der Waals surface area contributed by atoms with Crippen LogP contribution in [0.1, 0.15) is 24.5 Å². The van der Waals surface area contributed by atoms with Gasteiger partial charge in [0, 0.05) is 17.8 Å². The van der Waals surface area contributed by atoms with Crippen molar-refractivity contribution < 1.29 is 4.74 Å². The molecule has 4 nitrogen and oxygen atoms in total. The van der Waals surface area contributed by atoms with E-state index in [1.165, 1.54) is 18.5 Å². The monoisotopic (exact) mass is 293 g/mol. The smallest absolute Gasteiger partial charge is 0.144 e. The maximum absolute atomic E-state index is 5.44. The third-order valence-corrected chi connectivity index (χ3v) is 3.74. The first-order chi connectivity index (χ1) is 9.40. The zero-order valence-corrected chi connectivity index (χ0v) is 12.4. The number of halogens is 1. The number of hydrogen-bond donors (Lipinski definition) is 1. The first-order valence-electron chi connectivity index (χ1n) is 6.78. The van der Waals surface area contributed by atoms with E-state index in [-0.39, 0.29) is 12.4 Å². The van der Waals surface area contributed by atoms with Gasteiger partial charge in [0.25, 0.3) is 0 Å². The van der Waals surface area contributed by atoms with Crippen molar-refractivity contribution in [2.45, 2.75) is 18.8 Å². The summed E-state index contributed by atoms with van der Waals surface area (Å²) in [5.74, 6) is 1.44. The molecule has 0 amide bonds. The van der Waals surface area contributed by atoms with E-state index in [0.717, 1.165) is 24.5 Å². The summed E-state index contributed by atoms with van der Waals surface area (Å²) in [5.41, 5.74) is 2.30. The van der Waals surface area contributed by atoms with Crippen LogP contribution in [0.4, 0.5) is 0 Å². The quantitative estimate of drug-likeness (QED) is 0.946. The van der Waals surface area contributed by atoms with Crippen molar-refractivity contribution in [2.75, 3.05) is 20.2 Å². The van der Waals surface area contributed by atoms with Gasteiger partial charge in [0.1, 0.15) is 11.4 Å². The van der Waals surface area contributed by atoms with Crippen LogP contribution in [0.25, 0.3) is 5.69 Å². The van der Waals surface area contributed by atoms with Crippen molar-refractivity contribution >= 4 is 12.4 Å². The van der Waals surface area contributed by atoms with Gasteiger partial charge < -0.3 is 10.1 Å². The topological polar surface area (TPSA) is 39.1 Å². The molecule has 3 rings (SSSR count). The van der Waals surface area contributed by atoms with Gasteiger partial charge in [-0.3, -0.25) is 0 Å². The van der Waals surface area contributed by atoms with Crippen molar-refractivity contribution in [3.8, 4) is 11.4 Å². The van der Waals surface area contributed by atoms with E-state index < -0.39 is 0 Å². The Bertz CT molecular complexity index is 550. The highest BCUT2D eigenvalue weighted by atomic mass is 35.5. The van der Waals surface area contributed by atoms with Gasteiger partial charge in [-0.1, -0.05) is 12.1 Å². The molecule has 0 atom stereocenters. The van der Waals surface area contributed by atoms with Crippen LogP contribution < -0.4 is 10.1 Å². The van der Waals surface area contributed by atoms with E-state index >= 15 is 0 Å². The molecule has 0 unspecified atom stereocenters. The number of piperidine rings is 1. The van der Waals surface area contributed by atoms with Gasteiger partial charge in [-0.05, 0) is 44.1 Å². The summed E-state index contributed by atoms with van der Waals surface area (Å²) in [4.78, 5) is 0. The van der Waals surface area contributed by atoms with Crippen LogP contribution in [0, 0.1) is 0 Å². The molecule has 0 aliphatic carbocycles. The average Bonchev–Trinajstić information content (AvgIpc) is 2.97. The molecule has 1 fully saturated rings. The molecule has 1 aromatic heterocycles.